The fraction of sp³-hybridized carbons (Fsp3) is 0.450. The van der Waals surface area contributed by atoms with E-state index < -0.39 is 0 Å². The summed E-state index contributed by atoms with van der Waals surface area (Å²) in [5, 5.41) is 10.1. The maximum atomic E-state index is 12.4. The van der Waals surface area contributed by atoms with Gasteiger partial charge < -0.3 is 10.2 Å². The predicted molar refractivity (Wildman–Crippen MR) is 101 cm³/mol. The summed E-state index contributed by atoms with van der Waals surface area (Å²) in [4.78, 5) is 25.3. The molecule has 26 heavy (non-hydrogen) atoms. The summed E-state index contributed by atoms with van der Waals surface area (Å²) in [7, 11) is 0. The zero-order valence-corrected chi connectivity index (χ0v) is 15.4. The predicted octanol–water partition coefficient (Wildman–Crippen LogP) is 2.62. The van der Waals surface area contributed by atoms with Crippen LogP contribution < -0.4 is 5.32 Å². The van der Waals surface area contributed by atoms with Crippen molar-refractivity contribution in [3.8, 4) is 11.1 Å². The van der Waals surface area contributed by atoms with Gasteiger partial charge in [-0.1, -0.05) is 29.8 Å². The molecule has 1 aliphatic rings. The summed E-state index contributed by atoms with van der Waals surface area (Å²) in [6.07, 6.45) is 4.23. The summed E-state index contributed by atoms with van der Waals surface area (Å²) >= 11 is 0. The van der Waals surface area contributed by atoms with Crippen LogP contribution in [0.1, 0.15) is 43.4 Å². The number of carbonyl (C=O) groups is 2. The van der Waals surface area contributed by atoms with Crippen LogP contribution in [-0.4, -0.2) is 46.5 Å². The molecule has 138 valence electrons. The van der Waals surface area contributed by atoms with E-state index in [1.807, 2.05) is 11.1 Å². The summed E-state index contributed by atoms with van der Waals surface area (Å²) in [5.41, 5.74) is 4.59. The highest BCUT2D eigenvalue weighted by Gasteiger charge is 2.27. The van der Waals surface area contributed by atoms with Crippen LogP contribution in [0.3, 0.4) is 0 Å². The molecular formula is C20H26N4O2. The van der Waals surface area contributed by atoms with E-state index in [9.17, 15) is 9.59 Å². The second-order valence-electron chi connectivity index (χ2n) is 6.98. The van der Waals surface area contributed by atoms with Gasteiger partial charge in [0.1, 0.15) is 0 Å². The van der Waals surface area contributed by atoms with Crippen LogP contribution in [0.15, 0.2) is 30.5 Å². The van der Waals surface area contributed by atoms with Gasteiger partial charge in [0.2, 0.25) is 11.8 Å². The van der Waals surface area contributed by atoms with Crippen molar-refractivity contribution in [3.05, 3.63) is 41.7 Å². The van der Waals surface area contributed by atoms with Crippen molar-refractivity contribution in [2.75, 3.05) is 19.6 Å². The second-order valence-corrected chi connectivity index (χ2v) is 6.98. The number of piperidine rings is 1. The molecule has 0 radical (unpaired) electrons. The van der Waals surface area contributed by atoms with Gasteiger partial charge in [-0.05, 0) is 25.3 Å². The van der Waals surface area contributed by atoms with Crippen molar-refractivity contribution < 1.29 is 9.59 Å². The topological polar surface area (TPSA) is 78.1 Å². The molecule has 1 aliphatic heterocycles. The Morgan fingerprint density at radius 3 is 2.81 bits per heavy atom. The largest absolute Gasteiger partial charge is 0.356 e. The van der Waals surface area contributed by atoms with Crippen LogP contribution in [0.4, 0.5) is 0 Å². The molecule has 6 nitrogen and oxygen atoms in total. The molecule has 3 rings (SSSR count). The molecule has 0 saturated carbocycles. The number of hydrogen-bond donors (Lipinski definition) is 2. The molecule has 1 aromatic heterocycles. The number of aromatic amines is 1. The molecule has 1 atom stereocenters. The van der Waals surface area contributed by atoms with Crippen LogP contribution in [0.2, 0.25) is 0 Å². The fourth-order valence-electron chi connectivity index (χ4n) is 3.51. The second kappa shape index (κ2) is 8.17. The van der Waals surface area contributed by atoms with E-state index in [2.05, 4.69) is 46.7 Å². The number of carbonyl (C=O) groups excluding carboxylic acids is 2. The minimum atomic E-state index is -0.102. The Kier molecular flexibility index (Phi) is 5.71. The highest BCUT2D eigenvalue weighted by molar-refractivity contribution is 5.78. The maximum Gasteiger partial charge on any atom is 0.224 e. The molecule has 1 saturated heterocycles. The van der Waals surface area contributed by atoms with Gasteiger partial charge in [-0.3, -0.25) is 14.7 Å². The third kappa shape index (κ3) is 4.31. The number of nitrogens with zero attached hydrogens (tertiary/aromatic N) is 2. The number of likely N-dealkylation sites (tertiary alicyclic amines) is 1. The van der Waals surface area contributed by atoms with Crippen LogP contribution in [-0.2, 0) is 9.59 Å². The molecular weight excluding hydrogens is 328 g/mol. The molecule has 6 heteroatoms. The average molecular weight is 354 g/mol. The zero-order valence-electron chi connectivity index (χ0n) is 15.4. The summed E-state index contributed by atoms with van der Waals surface area (Å²) in [6, 6.07) is 8.43. The maximum absolute atomic E-state index is 12.4. The van der Waals surface area contributed by atoms with Gasteiger partial charge in [-0.15, -0.1) is 0 Å². The van der Waals surface area contributed by atoms with Gasteiger partial charge in [0.25, 0.3) is 0 Å². The van der Waals surface area contributed by atoms with Gasteiger partial charge in [-0.25, -0.2) is 0 Å². The fourth-order valence-corrected chi connectivity index (χ4v) is 3.51. The Hall–Kier alpha value is -2.63. The van der Waals surface area contributed by atoms with Gasteiger partial charge in [0.05, 0.1) is 6.20 Å². The number of nitrogens with one attached hydrogen (secondary N) is 2. The molecule has 0 spiro atoms. The molecule has 1 fully saturated rings. The lowest BCUT2D eigenvalue weighted by Crippen LogP contribution is -2.40. The Morgan fingerprint density at radius 2 is 2.08 bits per heavy atom. The number of hydrogen-bond acceptors (Lipinski definition) is 3. The van der Waals surface area contributed by atoms with Crippen LogP contribution in [0, 0.1) is 6.92 Å². The number of amides is 2. The summed E-state index contributed by atoms with van der Waals surface area (Å²) in [5.74, 6) is 0.252. The van der Waals surface area contributed by atoms with E-state index in [0.717, 1.165) is 36.2 Å². The highest BCUT2D eigenvalue weighted by Crippen LogP contribution is 2.33. The smallest absolute Gasteiger partial charge is 0.224 e. The molecule has 2 heterocycles. The van der Waals surface area contributed by atoms with Gasteiger partial charge >= 0.3 is 0 Å². The lowest BCUT2D eigenvalue weighted by Gasteiger charge is -2.33. The number of aryl methyl sites for hydroxylation is 1. The first-order valence-electron chi connectivity index (χ1n) is 9.17. The van der Waals surface area contributed by atoms with Crippen molar-refractivity contribution in [1.29, 1.82) is 0 Å². The SMILES string of the molecule is CC(=O)NCCC(=O)N1CCC[C@H](c2[nH]ncc2-c2ccc(C)cc2)C1. The number of rotatable bonds is 5. The molecule has 2 amide bonds. The number of H-pyrrole nitrogens is 1. The Balaban J connectivity index is 1.68. The monoisotopic (exact) mass is 354 g/mol. The molecule has 0 unspecified atom stereocenters. The molecule has 0 aliphatic carbocycles. The molecule has 1 aromatic carbocycles. The van der Waals surface area contributed by atoms with E-state index in [0.29, 0.717) is 19.5 Å². The molecule has 2 N–H and O–H groups in total. The lowest BCUT2D eigenvalue weighted by atomic mass is 9.90. The number of benzene rings is 1. The van der Waals surface area contributed by atoms with E-state index in [1.54, 1.807) is 0 Å². The van der Waals surface area contributed by atoms with Crippen LogP contribution in [0.5, 0.6) is 0 Å². The van der Waals surface area contributed by atoms with Crippen molar-refractivity contribution in [3.63, 3.8) is 0 Å². The van der Waals surface area contributed by atoms with Crippen molar-refractivity contribution in [1.82, 2.24) is 20.4 Å². The van der Waals surface area contributed by atoms with Crippen molar-refractivity contribution in [2.24, 2.45) is 0 Å². The van der Waals surface area contributed by atoms with E-state index in [-0.39, 0.29) is 17.7 Å². The highest BCUT2D eigenvalue weighted by atomic mass is 16.2. The van der Waals surface area contributed by atoms with Crippen LogP contribution in [0.25, 0.3) is 11.1 Å². The van der Waals surface area contributed by atoms with E-state index in [1.165, 1.54) is 12.5 Å². The first-order valence-corrected chi connectivity index (χ1v) is 9.17. The minimum Gasteiger partial charge on any atom is -0.356 e. The summed E-state index contributed by atoms with van der Waals surface area (Å²) < 4.78 is 0. The summed E-state index contributed by atoms with van der Waals surface area (Å²) in [6.45, 7) is 5.41. The minimum absolute atomic E-state index is 0.0971. The van der Waals surface area contributed by atoms with Crippen molar-refractivity contribution >= 4 is 11.8 Å². The van der Waals surface area contributed by atoms with Gasteiger partial charge in [-0.2, -0.15) is 5.10 Å². The van der Waals surface area contributed by atoms with Crippen molar-refractivity contribution in [2.45, 2.75) is 39.0 Å². The van der Waals surface area contributed by atoms with Gasteiger partial charge in [0, 0.05) is 50.2 Å². The van der Waals surface area contributed by atoms with Gasteiger partial charge in [0.15, 0.2) is 0 Å². The first-order chi connectivity index (χ1) is 12.5. The van der Waals surface area contributed by atoms with E-state index >= 15 is 0 Å². The Bertz CT molecular complexity index is 766. The van der Waals surface area contributed by atoms with E-state index in [4.69, 9.17) is 0 Å². The lowest BCUT2D eigenvalue weighted by molar-refractivity contribution is -0.132. The quantitative estimate of drug-likeness (QED) is 0.866. The standard InChI is InChI=1S/C20H26N4O2/c1-14-5-7-16(8-6-14)18-12-22-23-20(18)17-4-3-11-24(13-17)19(26)9-10-21-15(2)25/h5-8,12,17H,3-4,9-11,13H2,1-2H3,(H,21,25)(H,22,23)/t17-/m0/s1. The third-order valence-corrected chi connectivity index (χ3v) is 4.93. The molecule has 2 aromatic rings. The normalized spacial score (nSPS) is 17.2. The van der Waals surface area contributed by atoms with Crippen LogP contribution >= 0.6 is 0 Å². The number of aromatic nitrogens is 2. The first kappa shape index (κ1) is 18.2. The average Bonchev–Trinajstić information content (AvgIpc) is 3.12. The third-order valence-electron chi connectivity index (χ3n) is 4.93. The molecule has 0 bridgehead atoms. The Morgan fingerprint density at radius 1 is 1.31 bits per heavy atom. The Labute approximate surface area is 154 Å². The zero-order chi connectivity index (χ0) is 18.5.